The van der Waals surface area contributed by atoms with E-state index < -0.39 is 0 Å². The molecular weight excluding hydrogens is 218 g/mol. The van der Waals surface area contributed by atoms with Crippen molar-refractivity contribution in [2.45, 2.75) is 57.3 Å². The summed E-state index contributed by atoms with van der Waals surface area (Å²) in [6, 6.07) is 0.422. The molecule has 1 aliphatic rings. The molecule has 0 saturated heterocycles. The highest BCUT2D eigenvalue weighted by Gasteiger charge is 2.18. The van der Waals surface area contributed by atoms with Crippen LogP contribution in [-0.2, 0) is 9.47 Å². The number of nitrogens with zero attached hydrogens (tertiary/aromatic N) is 1. The molecule has 0 unspecified atom stereocenters. The van der Waals surface area contributed by atoms with Gasteiger partial charge in [-0.2, -0.15) is 0 Å². The van der Waals surface area contributed by atoms with Crippen LogP contribution in [0.25, 0.3) is 0 Å². The first-order valence-corrected chi connectivity index (χ1v) is 6.54. The fourth-order valence-corrected chi connectivity index (χ4v) is 2.32. The van der Waals surface area contributed by atoms with Gasteiger partial charge in [-0.25, -0.2) is 0 Å². The van der Waals surface area contributed by atoms with Crippen molar-refractivity contribution in [1.29, 1.82) is 0 Å². The second-order valence-corrected chi connectivity index (χ2v) is 4.54. The fourth-order valence-electron chi connectivity index (χ4n) is 2.32. The second kappa shape index (κ2) is 8.61. The van der Waals surface area contributed by atoms with Crippen molar-refractivity contribution in [2.75, 3.05) is 20.8 Å². The van der Waals surface area contributed by atoms with E-state index in [9.17, 15) is 0 Å². The third-order valence-corrected chi connectivity index (χ3v) is 3.21. The molecular formula is C13H25NO3. The Kier molecular flexibility index (Phi) is 7.40. The van der Waals surface area contributed by atoms with Gasteiger partial charge in [0, 0.05) is 20.8 Å². The number of rotatable bonds is 7. The third-order valence-electron chi connectivity index (χ3n) is 3.21. The minimum Gasteiger partial charge on any atom is -0.396 e. The van der Waals surface area contributed by atoms with Gasteiger partial charge in [0.1, 0.15) is 0 Å². The first-order chi connectivity index (χ1) is 8.31. The van der Waals surface area contributed by atoms with Gasteiger partial charge in [0.25, 0.3) is 0 Å². The maximum absolute atomic E-state index is 8.91. The van der Waals surface area contributed by atoms with Crippen LogP contribution in [0.4, 0.5) is 0 Å². The van der Waals surface area contributed by atoms with Crippen molar-refractivity contribution < 1.29 is 14.6 Å². The Labute approximate surface area is 104 Å². The number of hydrogen-bond donors (Lipinski definition) is 1. The Hall–Kier alpha value is -0.450. The van der Waals surface area contributed by atoms with Gasteiger partial charge in [-0.15, -0.1) is 0 Å². The summed E-state index contributed by atoms with van der Waals surface area (Å²) in [4.78, 5) is 4.77. The van der Waals surface area contributed by atoms with Crippen molar-refractivity contribution in [3.8, 4) is 0 Å². The van der Waals surface area contributed by atoms with Crippen LogP contribution >= 0.6 is 0 Å². The van der Waals surface area contributed by atoms with Crippen molar-refractivity contribution >= 4 is 5.71 Å². The predicted octanol–water partition coefficient (Wildman–Crippen LogP) is 2.15. The highest BCUT2D eigenvalue weighted by Crippen LogP contribution is 2.21. The molecule has 1 rings (SSSR count). The summed E-state index contributed by atoms with van der Waals surface area (Å²) in [6.45, 7) is 0.184. The van der Waals surface area contributed by atoms with Crippen molar-refractivity contribution in [1.82, 2.24) is 0 Å². The quantitative estimate of drug-likeness (QED) is 0.550. The van der Waals surface area contributed by atoms with E-state index in [4.69, 9.17) is 19.6 Å². The monoisotopic (exact) mass is 243 g/mol. The van der Waals surface area contributed by atoms with Crippen LogP contribution in [0.15, 0.2) is 4.99 Å². The Morgan fingerprint density at radius 2 is 1.88 bits per heavy atom. The second-order valence-electron chi connectivity index (χ2n) is 4.54. The molecule has 1 N–H and O–H groups in total. The molecule has 4 nitrogen and oxygen atoms in total. The van der Waals surface area contributed by atoms with E-state index in [-0.39, 0.29) is 12.9 Å². The van der Waals surface area contributed by atoms with E-state index in [0.717, 1.165) is 18.6 Å². The van der Waals surface area contributed by atoms with Gasteiger partial charge in [0.2, 0.25) is 0 Å². The highest BCUT2D eigenvalue weighted by molar-refractivity contribution is 5.87. The molecule has 0 aromatic carbocycles. The van der Waals surface area contributed by atoms with Gasteiger partial charge < -0.3 is 14.6 Å². The van der Waals surface area contributed by atoms with Crippen LogP contribution in [0.2, 0.25) is 0 Å². The summed E-state index contributed by atoms with van der Waals surface area (Å²) in [7, 11) is 3.26. The Morgan fingerprint density at radius 3 is 2.41 bits per heavy atom. The van der Waals surface area contributed by atoms with Gasteiger partial charge in [0.15, 0.2) is 6.29 Å². The lowest BCUT2D eigenvalue weighted by molar-refractivity contribution is -0.0536. The summed E-state index contributed by atoms with van der Waals surface area (Å²) in [5.74, 6) is 0. The van der Waals surface area contributed by atoms with E-state index in [1.165, 1.54) is 32.1 Å². The number of hydrogen-bond acceptors (Lipinski definition) is 4. The van der Waals surface area contributed by atoms with Gasteiger partial charge >= 0.3 is 0 Å². The molecule has 100 valence electrons. The summed E-state index contributed by atoms with van der Waals surface area (Å²) < 4.78 is 10.5. The number of aliphatic imine (C=N–C) groups is 1. The van der Waals surface area contributed by atoms with Crippen molar-refractivity contribution in [3.63, 3.8) is 0 Å². The number of ether oxygens (including phenoxy) is 2. The highest BCUT2D eigenvalue weighted by atomic mass is 16.7. The molecule has 0 bridgehead atoms. The normalized spacial score (nSPS) is 18.9. The Morgan fingerprint density at radius 1 is 1.24 bits per heavy atom. The summed E-state index contributed by atoms with van der Waals surface area (Å²) in [5, 5.41) is 8.91. The van der Waals surface area contributed by atoms with Crippen LogP contribution in [0, 0.1) is 0 Å². The number of methoxy groups -OCH3 is 2. The zero-order chi connectivity index (χ0) is 12.5. The summed E-state index contributed by atoms with van der Waals surface area (Å²) >= 11 is 0. The maximum Gasteiger partial charge on any atom is 0.196 e. The molecule has 0 aromatic heterocycles. The molecule has 17 heavy (non-hydrogen) atoms. The molecule has 0 spiro atoms. The SMILES string of the molecule is COC(OC)C(CCCO)=NC1CCCCC1. The van der Waals surface area contributed by atoms with Crippen LogP contribution in [-0.4, -0.2) is 44.0 Å². The minimum atomic E-state index is -0.358. The van der Waals surface area contributed by atoms with E-state index in [1.807, 2.05) is 0 Å². The zero-order valence-corrected chi connectivity index (χ0v) is 11.0. The molecule has 1 saturated carbocycles. The first-order valence-electron chi connectivity index (χ1n) is 6.54. The fraction of sp³-hybridized carbons (Fsp3) is 0.923. The van der Waals surface area contributed by atoms with Crippen LogP contribution < -0.4 is 0 Å². The van der Waals surface area contributed by atoms with E-state index in [2.05, 4.69) is 0 Å². The van der Waals surface area contributed by atoms with Gasteiger partial charge in [-0.05, 0) is 25.7 Å². The van der Waals surface area contributed by atoms with Gasteiger partial charge in [-0.1, -0.05) is 19.3 Å². The predicted molar refractivity (Wildman–Crippen MR) is 68.4 cm³/mol. The molecule has 0 amide bonds. The third kappa shape index (κ3) is 5.15. The minimum absolute atomic E-state index is 0.184. The topological polar surface area (TPSA) is 51.0 Å². The molecule has 0 radical (unpaired) electrons. The van der Waals surface area contributed by atoms with Crippen LogP contribution in [0.3, 0.4) is 0 Å². The van der Waals surface area contributed by atoms with E-state index in [1.54, 1.807) is 14.2 Å². The van der Waals surface area contributed by atoms with Gasteiger partial charge in [-0.3, -0.25) is 4.99 Å². The van der Waals surface area contributed by atoms with Crippen LogP contribution in [0.5, 0.6) is 0 Å². The largest absolute Gasteiger partial charge is 0.396 e. The van der Waals surface area contributed by atoms with Crippen molar-refractivity contribution in [3.05, 3.63) is 0 Å². The lowest BCUT2D eigenvalue weighted by atomic mass is 9.96. The number of aliphatic hydroxyl groups excluding tert-OH is 1. The zero-order valence-electron chi connectivity index (χ0n) is 11.0. The lowest BCUT2D eigenvalue weighted by Crippen LogP contribution is -2.27. The van der Waals surface area contributed by atoms with E-state index in [0.29, 0.717) is 6.04 Å². The molecule has 4 heteroatoms. The average Bonchev–Trinajstić information content (AvgIpc) is 2.38. The lowest BCUT2D eigenvalue weighted by Gasteiger charge is -2.22. The van der Waals surface area contributed by atoms with Crippen molar-refractivity contribution in [2.24, 2.45) is 4.99 Å². The summed E-state index contributed by atoms with van der Waals surface area (Å²) in [5.41, 5.74) is 0.941. The average molecular weight is 243 g/mol. The molecule has 1 aliphatic carbocycles. The first kappa shape index (κ1) is 14.6. The Balaban J connectivity index is 2.61. The maximum atomic E-state index is 8.91. The number of aliphatic hydroxyl groups is 1. The van der Waals surface area contributed by atoms with E-state index >= 15 is 0 Å². The summed E-state index contributed by atoms with van der Waals surface area (Å²) in [6.07, 6.45) is 7.32. The van der Waals surface area contributed by atoms with Crippen LogP contribution in [0.1, 0.15) is 44.9 Å². The van der Waals surface area contributed by atoms with Gasteiger partial charge in [0.05, 0.1) is 11.8 Å². The molecule has 0 aliphatic heterocycles. The molecule has 1 fully saturated rings. The molecule has 0 aromatic rings. The standard InChI is InChI=1S/C13H25NO3/c1-16-13(17-2)12(9-6-10-15)14-11-7-4-3-5-8-11/h11,13,15H,3-10H2,1-2H3. The smallest absolute Gasteiger partial charge is 0.196 e. The molecule has 0 atom stereocenters. The molecule has 0 heterocycles. The Bertz CT molecular complexity index is 221.